The molecule has 2 rings (SSSR count). The van der Waals surface area contributed by atoms with E-state index >= 15 is 0 Å². The van der Waals surface area contributed by atoms with Gasteiger partial charge in [0.25, 0.3) is 0 Å². The molecule has 0 unspecified atom stereocenters. The van der Waals surface area contributed by atoms with Crippen molar-refractivity contribution in [1.82, 2.24) is 0 Å². The van der Waals surface area contributed by atoms with Gasteiger partial charge in [0.1, 0.15) is 25.1 Å². The molecule has 0 fully saturated rings. The fourth-order valence-corrected chi connectivity index (χ4v) is 1.95. The molecule has 0 N–H and O–H groups in total. The Labute approximate surface area is 131 Å². The molecule has 0 atom stereocenters. The molecule has 0 bridgehead atoms. The summed E-state index contributed by atoms with van der Waals surface area (Å²) in [7, 11) is 0. The van der Waals surface area contributed by atoms with Gasteiger partial charge in [0.2, 0.25) is 0 Å². The summed E-state index contributed by atoms with van der Waals surface area (Å²) in [5.74, 6) is 0.555. The number of alkyl halides is 1. The number of rotatable bonds is 6. The highest BCUT2D eigenvalue weighted by Gasteiger charge is 2.14. The zero-order chi connectivity index (χ0) is 15.9. The van der Waals surface area contributed by atoms with Crippen molar-refractivity contribution in [3.05, 3.63) is 52.5 Å². The summed E-state index contributed by atoms with van der Waals surface area (Å²) >= 11 is 5.90. The van der Waals surface area contributed by atoms with Crippen LogP contribution in [0.25, 0.3) is 0 Å². The zero-order valence-electron chi connectivity index (χ0n) is 11.4. The van der Waals surface area contributed by atoms with E-state index in [1.54, 1.807) is 18.2 Å². The molecule has 112 valence electrons. The molecule has 0 spiro atoms. The van der Waals surface area contributed by atoms with Crippen LogP contribution in [0, 0.1) is 11.3 Å². The molecule has 0 saturated carbocycles. The number of ether oxygens (including phenoxy) is 2. The van der Waals surface area contributed by atoms with Gasteiger partial charge in [-0.05, 0) is 24.3 Å². The number of nitriles is 1. The summed E-state index contributed by atoms with van der Waals surface area (Å²) in [6, 6.07) is 11.2. The lowest BCUT2D eigenvalue weighted by molar-refractivity contribution is 0.111. The molecule has 0 aliphatic heterocycles. The van der Waals surface area contributed by atoms with Crippen LogP contribution in [0.15, 0.2) is 36.4 Å². The SMILES string of the molecule is N#Cc1ccc(Cl)cc1Oc1cccc(C=O)c1OCCF. The summed E-state index contributed by atoms with van der Waals surface area (Å²) in [6.45, 7) is -0.908. The van der Waals surface area contributed by atoms with Gasteiger partial charge in [-0.2, -0.15) is 5.26 Å². The molecule has 22 heavy (non-hydrogen) atoms. The van der Waals surface area contributed by atoms with Crippen molar-refractivity contribution in [2.24, 2.45) is 0 Å². The van der Waals surface area contributed by atoms with E-state index in [2.05, 4.69) is 0 Å². The Balaban J connectivity index is 2.43. The van der Waals surface area contributed by atoms with Crippen LogP contribution in [0.2, 0.25) is 5.02 Å². The highest BCUT2D eigenvalue weighted by Crippen LogP contribution is 2.36. The van der Waals surface area contributed by atoms with Crippen molar-refractivity contribution in [2.75, 3.05) is 13.3 Å². The van der Waals surface area contributed by atoms with E-state index in [0.717, 1.165) is 0 Å². The van der Waals surface area contributed by atoms with Crippen molar-refractivity contribution >= 4 is 17.9 Å². The van der Waals surface area contributed by atoms with E-state index in [0.29, 0.717) is 11.3 Å². The summed E-state index contributed by atoms with van der Waals surface area (Å²) in [5.41, 5.74) is 0.504. The number of halogens is 2. The highest BCUT2D eigenvalue weighted by atomic mass is 35.5. The minimum atomic E-state index is -0.701. The Morgan fingerprint density at radius 3 is 2.77 bits per heavy atom. The maximum Gasteiger partial charge on any atom is 0.172 e. The maximum atomic E-state index is 12.3. The molecule has 6 heteroatoms. The van der Waals surface area contributed by atoms with Gasteiger partial charge in [0.05, 0.1) is 11.1 Å². The predicted octanol–water partition coefficient (Wildman–Crippen LogP) is 4.16. The first-order valence-corrected chi connectivity index (χ1v) is 6.72. The molecule has 0 heterocycles. The molecule has 2 aromatic rings. The molecule has 0 saturated heterocycles. The van der Waals surface area contributed by atoms with E-state index in [-0.39, 0.29) is 35.0 Å². The van der Waals surface area contributed by atoms with Gasteiger partial charge in [-0.25, -0.2) is 4.39 Å². The second kappa shape index (κ2) is 7.43. The number of benzene rings is 2. The number of aldehydes is 1. The van der Waals surface area contributed by atoms with Gasteiger partial charge in [0, 0.05) is 11.1 Å². The van der Waals surface area contributed by atoms with Crippen molar-refractivity contribution in [3.8, 4) is 23.3 Å². The van der Waals surface area contributed by atoms with Crippen LogP contribution in [-0.2, 0) is 0 Å². The van der Waals surface area contributed by atoms with Crippen LogP contribution in [0.1, 0.15) is 15.9 Å². The lowest BCUT2D eigenvalue weighted by Gasteiger charge is -2.14. The second-order valence-corrected chi connectivity index (χ2v) is 4.62. The van der Waals surface area contributed by atoms with Crippen molar-refractivity contribution in [2.45, 2.75) is 0 Å². The summed E-state index contributed by atoms with van der Waals surface area (Å²) in [5, 5.41) is 9.48. The van der Waals surface area contributed by atoms with Gasteiger partial charge in [0.15, 0.2) is 17.8 Å². The Morgan fingerprint density at radius 1 is 1.27 bits per heavy atom. The van der Waals surface area contributed by atoms with Crippen LogP contribution in [0.3, 0.4) is 0 Å². The summed E-state index contributed by atoms with van der Waals surface area (Å²) in [6.07, 6.45) is 0.587. The lowest BCUT2D eigenvalue weighted by atomic mass is 10.2. The normalized spacial score (nSPS) is 9.86. The first kappa shape index (κ1) is 15.8. The molecular formula is C16H11ClFNO3. The van der Waals surface area contributed by atoms with E-state index < -0.39 is 6.67 Å². The third-order valence-electron chi connectivity index (χ3n) is 2.74. The van der Waals surface area contributed by atoms with E-state index in [4.69, 9.17) is 26.3 Å². The third-order valence-corrected chi connectivity index (χ3v) is 2.98. The smallest absolute Gasteiger partial charge is 0.172 e. The Bertz CT molecular complexity index is 728. The number of hydrogen-bond donors (Lipinski definition) is 0. The molecule has 0 aromatic heterocycles. The predicted molar refractivity (Wildman–Crippen MR) is 79.5 cm³/mol. The first-order valence-electron chi connectivity index (χ1n) is 6.34. The Hall–Kier alpha value is -2.58. The van der Waals surface area contributed by atoms with Crippen molar-refractivity contribution in [1.29, 1.82) is 5.26 Å². The Morgan fingerprint density at radius 2 is 2.09 bits per heavy atom. The number of carbonyl (C=O) groups is 1. The number of hydrogen-bond acceptors (Lipinski definition) is 4. The Kier molecular flexibility index (Phi) is 5.34. The van der Waals surface area contributed by atoms with Crippen LogP contribution in [0.4, 0.5) is 4.39 Å². The average molecular weight is 320 g/mol. The zero-order valence-corrected chi connectivity index (χ0v) is 12.1. The van der Waals surface area contributed by atoms with Gasteiger partial charge in [-0.1, -0.05) is 17.7 Å². The van der Waals surface area contributed by atoms with Crippen molar-refractivity contribution in [3.63, 3.8) is 0 Å². The minimum absolute atomic E-state index is 0.124. The number of para-hydroxylation sites is 1. The van der Waals surface area contributed by atoms with Crippen LogP contribution >= 0.6 is 11.6 Å². The van der Waals surface area contributed by atoms with Crippen molar-refractivity contribution < 1.29 is 18.7 Å². The average Bonchev–Trinajstić information content (AvgIpc) is 2.53. The highest BCUT2D eigenvalue weighted by molar-refractivity contribution is 6.30. The van der Waals surface area contributed by atoms with Gasteiger partial charge >= 0.3 is 0 Å². The minimum Gasteiger partial charge on any atom is -0.486 e. The molecular weight excluding hydrogens is 309 g/mol. The van der Waals surface area contributed by atoms with E-state index in [9.17, 15) is 9.18 Å². The lowest BCUT2D eigenvalue weighted by Crippen LogP contribution is -2.03. The molecule has 2 aromatic carbocycles. The van der Waals surface area contributed by atoms with E-state index in [1.807, 2.05) is 6.07 Å². The molecule has 0 aliphatic carbocycles. The molecule has 0 aliphatic rings. The third kappa shape index (κ3) is 3.54. The van der Waals surface area contributed by atoms with Gasteiger partial charge in [-0.3, -0.25) is 4.79 Å². The first-order chi connectivity index (χ1) is 10.7. The van der Waals surface area contributed by atoms with Gasteiger partial charge < -0.3 is 9.47 Å². The fourth-order valence-electron chi connectivity index (χ4n) is 1.79. The number of carbonyl (C=O) groups excluding carboxylic acids is 1. The quantitative estimate of drug-likeness (QED) is 0.750. The van der Waals surface area contributed by atoms with Crippen LogP contribution in [0.5, 0.6) is 17.2 Å². The largest absolute Gasteiger partial charge is 0.486 e. The topological polar surface area (TPSA) is 59.3 Å². The molecule has 0 radical (unpaired) electrons. The second-order valence-electron chi connectivity index (χ2n) is 4.18. The van der Waals surface area contributed by atoms with Crippen LogP contribution in [-0.4, -0.2) is 19.6 Å². The summed E-state index contributed by atoms with van der Waals surface area (Å²) in [4.78, 5) is 11.1. The van der Waals surface area contributed by atoms with E-state index in [1.165, 1.54) is 18.2 Å². The standard InChI is InChI=1S/C16H11ClFNO3/c17-13-5-4-11(9-19)15(8-13)22-14-3-1-2-12(10-20)16(14)21-7-6-18/h1-5,8,10H,6-7H2. The fraction of sp³-hybridized carbons (Fsp3) is 0.125. The summed E-state index contributed by atoms with van der Waals surface area (Å²) < 4.78 is 23.2. The molecule has 0 amide bonds. The number of nitrogens with zero attached hydrogens (tertiary/aromatic N) is 1. The molecule has 4 nitrogen and oxygen atoms in total. The van der Waals surface area contributed by atoms with Gasteiger partial charge in [-0.15, -0.1) is 0 Å². The maximum absolute atomic E-state index is 12.3. The van der Waals surface area contributed by atoms with Crippen LogP contribution < -0.4 is 9.47 Å². The monoisotopic (exact) mass is 319 g/mol.